The summed E-state index contributed by atoms with van der Waals surface area (Å²) in [6, 6.07) is 8.44. The van der Waals surface area contributed by atoms with Gasteiger partial charge in [-0.25, -0.2) is 13.6 Å². The third-order valence-electron chi connectivity index (χ3n) is 13.6. The Bertz CT molecular complexity index is 2690. The molecule has 0 spiro atoms. The van der Waals surface area contributed by atoms with E-state index in [2.05, 4.69) is 25.3 Å². The number of benzene rings is 2. The number of amides is 4. The number of rotatable bonds is 12. The second-order valence-corrected chi connectivity index (χ2v) is 17.6. The number of hydrogen-bond acceptors (Lipinski definition) is 9. The van der Waals surface area contributed by atoms with E-state index in [9.17, 15) is 32.8 Å². The van der Waals surface area contributed by atoms with Crippen LogP contribution in [0.25, 0.3) is 22.2 Å². The third kappa shape index (κ3) is 8.17. The van der Waals surface area contributed by atoms with Crippen molar-refractivity contribution in [3.8, 4) is 11.1 Å². The fourth-order valence-corrected chi connectivity index (χ4v) is 10.1. The molecule has 4 aliphatic heterocycles. The van der Waals surface area contributed by atoms with Crippen molar-refractivity contribution in [1.29, 1.82) is 0 Å². The number of unbranched alkanes of at least 4 members (excludes halogenated alkanes) is 2. The van der Waals surface area contributed by atoms with Gasteiger partial charge in [0.1, 0.15) is 6.04 Å². The normalized spacial score (nSPS) is 18.2. The lowest BCUT2D eigenvalue weighted by Crippen LogP contribution is -2.44. The Balaban J connectivity index is 0.813. The predicted molar refractivity (Wildman–Crippen MR) is 236 cm³/mol. The van der Waals surface area contributed by atoms with Crippen LogP contribution < -0.4 is 21.2 Å². The van der Waals surface area contributed by atoms with E-state index in [0.29, 0.717) is 74.3 Å². The molecule has 0 saturated carbocycles. The summed E-state index contributed by atoms with van der Waals surface area (Å²) >= 11 is 0. The Labute approximate surface area is 369 Å². The molecule has 1 atom stereocenters. The van der Waals surface area contributed by atoms with Gasteiger partial charge in [-0.05, 0) is 86.4 Å². The van der Waals surface area contributed by atoms with E-state index in [-0.39, 0.29) is 47.9 Å². The number of imidazole rings is 1. The summed E-state index contributed by atoms with van der Waals surface area (Å²) in [7, 11) is 3.44. The fraction of sp³-hybridized carbons (Fsp3) is 0.500. The first-order valence-electron chi connectivity index (χ1n) is 22.5. The average molecular weight is 880 g/mol. The van der Waals surface area contributed by atoms with Gasteiger partial charge < -0.3 is 20.0 Å². The summed E-state index contributed by atoms with van der Waals surface area (Å²) < 4.78 is 36.1. The maximum Gasteiger partial charge on any atom is 0.329 e. The largest absolute Gasteiger partial charge is 0.385 e. The molecule has 16 nitrogen and oxygen atoms in total. The zero-order valence-corrected chi connectivity index (χ0v) is 36.6. The van der Waals surface area contributed by atoms with Crippen LogP contribution in [0.4, 0.5) is 26.0 Å². The minimum Gasteiger partial charge on any atom is -0.385 e. The summed E-state index contributed by atoms with van der Waals surface area (Å²) in [5.74, 6) is 0.0601. The molecule has 64 heavy (non-hydrogen) atoms. The molecule has 0 bridgehead atoms. The number of halogens is 2. The van der Waals surface area contributed by atoms with Crippen LogP contribution in [-0.2, 0) is 52.7 Å². The number of fused-ring (bicyclic) bond motifs is 3. The smallest absolute Gasteiger partial charge is 0.329 e. The van der Waals surface area contributed by atoms with Crippen LogP contribution in [-0.4, -0.2) is 94.8 Å². The summed E-state index contributed by atoms with van der Waals surface area (Å²) in [5.41, 5.74) is 6.71. The molecule has 2 N–H and O–H groups in total. The van der Waals surface area contributed by atoms with Crippen molar-refractivity contribution in [2.45, 2.75) is 103 Å². The minimum atomic E-state index is -2.68. The number of anilines is 3. The van der Waals surface area contributed by atoms with Crippen LogP contribution in [0.2, 0.25) is 0 Å². The average Bonchev–Trinajstić information content (AvgIpc) is 3.97. The molecule has 2 aromatic carbocycles. The van der Waals surface area contributed by atoms with Gasteiger partial charge in [-0.15, -0.1) is 0 Å². The van der Waals surface area contributed by atoms with Gasteiger partial charge in [-0.2, -0.15) is 10.2 Å². The molecule has 2 saturated heterocycles. The molecule has 4 aliphatic rings. The Morgan fingerprint density at radius 1 is 0.922 bits per heavy atom. The van der Waals surface area contributed by atoms with Gasteiger partial charge in [0.25, 0.3) is 6.43 Å². The van der Waals surface area contributed by atoms with Crippen LogP contribution in [0.5, 0.6) is 0 Å². The molecule has 7 heterocycles. The second-order valence-electron chi connectivity index (χ2n) is 17.6. The van der Waals surface area contributed by atoms with Crippen molar-refractivity contribution in [2.24, 2.45) is 14.1 Å². The van der Waals surface area contributed by atoms with Crippen molar-refractivity contribution >= 4 is 51.9 Å². The molecular weight excluding hydrogens is 825 g/mol. The number of nitrogens with one attached hydrogen (secondary N) is 2. The molecule has 1 unspecified atom stereocenters. The van der Waals surface area contributed by atoms with Crippen molar-refractivity contribution in [3.05, 3.63) is 75.6 Å². The Morgan fingerprint density at radius 3 is 2.47 bits per heavy atom. The van der Waals surface area contributed by atoms with Crippen LogP contribution in [0.3, 0.4) is 0 Å². The van der Waals surface area contributed by atoms with E-state index in [1.807, 2.05) is 34.1 Å². The van der Waals surface area contributed by atoms with E-state index in [1.54, 1.807) is 44.2 Å². The van der Waals surface area contributed by atoms with Crippen LogP contribution in [0, 0.1) is 0 Å². The third-order valence-corrected chi connectivity index (χ3v) is 13.6. The predicted octanol–water partition coefficient (Wildman–Crippen LogP) is 5.68. The lowest BCUT2D eigenvalue weighted by Gasteiger charge is -2.34. The zero-order chi connectivity index (χ0) is 44.8. The standard InChI is InChI=1S/C46H55F2N11O5/c1-28(60)56-21-16-36-35(27-56)44(57-18-7-8-29-22-33(30-25-50-53(2)26-30)34(43(47)48)24-39(29)57)52-59(36)32-14-19-55(20-15-32)42(62)9-5-4-6-17-49-31-10-11-37-40(23-31)54(3)46(64)58(37)38-12-13-41(61)51-45(38)63/h10-11,22-26,32,38,43,49H,4-9,12-21,27H2,1-3H3,(H,51,61,63). The SMILES string of the molecule is CC(=O)N1CCc2c(c(N3CCCc4cc(-c5cnn(C)c5)c(C(F)F)cc43)nn2C2CCN(C(=O)CCCCCNc3ccc4c(c3)n(C)c(=O)n4C3CCC(=O)NC3=O)CC2)C1. The first-order chi connectivity index (χ1) is 30.9. The van der Waals surface area contributed by atoms with E-state index in [0.717, 1.165) is 79.0 Å². The number of nitrogens with zero attached hydrogens (tertiary/aromatic N) is 9. The molecule has 3 aromatic heterocycles. The number of carbonyl (C=O) groups excluding carboxylic acids is 4. The Kier molecular flexibility index (Phi) is 11.9. The van der Waals surface area contributed by atoms with Gasteiger partial charge in [0.05, 0.1) is 29.8 Å². The van der Waals surface area contributed by atoms with Crippen molar-refractivity contribution in [2.75, 3.05) is 42.9 Å². The number of likely N-dealkylation sites (tertiary alicyclic amines) is 1. The molecule has 0 radical (unpaired) electrons. The molecular formula is C46H55F2N11O5. The number of imide groups is 1. The lowest BCUT2D eigenvalue weighted by molar-refractivity contribution is -0.136. The highest BCUT2D eigenvalue weighted by molar-refractivity contribution is 6.00. The maximum atomic E-state index is 14.7. The van der Waals surface area contributed by atoms with Gasteiger partial charge in [0.2, 0.25) is 23.6 Å². The fourth-order valence-electron chi connectivity index (χ4n) is 10.1. The van der Waals surface area contributed by atoms with Crippen molar-refractivity contribution in [1.82, 2.24) is 43.8 Å². The molecule has 5 aromatic rings. The summed E-state index contributed by atoms with van der Waals surface area (Å²) in [6.07, 6.45) is 7.82. The van der Waals surface area contributed by atoms with Gasteiger partial charge in [0, 0.05) is 113 Å². The molecule has 9 rings (SSSR count). The molecule has 18 heteroatoms. The van der Waals surface area contributed by atoms with Crippen molar-refractivity contribution in [3.63, 3.8) is 0 Å². The zero-order valence-electron chi connectivity index (χ0n) is 36.6. The first kappa shape index (κ1) is 42.9. The van der Waals surface area contributed by atoms with E-state index < -0.39 is 18.4 Å². The summed E-state index contributed by atoms with van der Waals surface area (Å²) in [5, 5.41) is 15.3. The number of alkyl halides is 2. The van der Waals surface area contributed by atoms with Gasteiger partial charge >= 0.3 is 5.69 Å². The quantitative estimate of drug-likeness (QED) is 0.119. The Hall–Kier alpha value is -6.33. The molecule has 4 amide bonds. The van der Waals surface area contributed by atoms with E-state index in [1.165, 1.54) is 9.13 Å². The summed E-state index contributed by atoms with van der Waals surface area (Å²) in [6.45, 7) is 5.11. The maximum absolute atomic E-state index is 14.7. The lowest BCUT2D eigenvalue weighted by atomic mass is 9.92. The highest BCUT2D eigenvalue weighted by Crippen LogP contribution is 2.44. The minimum absolute atomic E-state index is 0.0139. The number of carbonyl (C=O) groups is 4. The first-order valence-corrected chi connectivity index (χ1v) is 22.5. The number of hydrogen-bond donors (Lipinski definition) is 2. The molecule has 2 fully saturated rings. The monoisotopic (exact) mass is 879 g/mol. The molecule has 0 aliphatic carbocycles. The summed E-state index contributed by atoms with van der Waals surface area (Å²) in [4.78, 5) is 69.2. The van der Waals surface area contributed by atoms with Crippen LogP contribution in [0.1, 0.15) is 106 Å². The van der Waals surface area contributed by atoms with Gasteiger partial charge in [-0.3, -0.25) is 43.0 Å². The number of aryl methyl sites for hydroxylation is 3. The highest BCUT2D eigenvalue weighted by atomic mass is 19.3. The topological polar surface area (TPSA) is 165 Å². The van der Waals surface area contributed by atoms with Crippen LogP contribution in [0.15, 0.2) is 47.5 Å². The Morgan fingerprint density at radius 2 is 1.73 bits per heavy atom. The second kappa shape index (κ2) is 17.7. The van der Waals surface area contributed by atoms with E-state index in [4.69, 9.17) is 5.10 Å². The van der Waals surface area contributed by atoms with Crippen LogP contribution >= 0.6 is 0 Å². The van der Waals surface area contributed by atoms with Gasteiger partial charge in [-0.1, -0.05) is 6.42 Å². The van der Waals surface area contributed by atoms with Gasteiger partial charge in [0.15, 0.2) is 5.82 Å². The number of aromatic nitrogens is 6. The number of piperidine rings is 2. The van der Waals surface area contributed by atoms with Crippen molar-refractivity contribution < 1.29 is 28.0 Å². The highest BCUT2D eigenvalue weighted by Gasteiger charge is 2.36. The van der Waals surface area contributed by atoms with E-state index >= 15 is 0 Å². The molecule has 338 valence electrons.